The van der Waals surface area contributed by atoms with Crippen molar-refractivity contribution in [2.75, 3.05) is 67.1 Å². The van der Waals surface area contributed by atoms with Crippen LogP contribution in [-0.4, -0.2) is 98.4 Å². The highest BCUT2D eigenvalue weighted by molar-refractivity contribution is 5.78. The molecule has 0 aromatic rings. The number of carbonyl (C=O) groups is 1. The Hall–Kier alpha value is -0.690. The molecule has 2 aliphatic heterocycles. The van der Waals surface area contributed by atoms with Crippen LogP contribution in [0.4, 0.5) is 0 Å². The molecule has 2 heterocycles. The average Bonchev–Trinajstić information content (AvgIpc) is 2.60. The number of nitrogens with zero attached hydrogens (tertiary/aromatic N) is 3. The summed E-state index contributed by atoms with van der Waals surface area (Å²) in [4.78, 5) is 18.4. The van der Waals surface area contributed by atoms with Crippen LogP contribution in [-0.2, 0) is 9.53 Å². The lowest BCUT2D eigenvalue weighted by atomic mass is 9.93. The van der Waals surface area contributed by atoms with Gasteiger partial charge in [-0.1, -0.05) is 0 Å². The van der Waals surface area contributed by atoms with E-state index in [0.29, 0.717) is 32.6 Å². The maximum absolute atomic E-state index is 12.3. The van der Waals surface area contributed by atoms with Crippen molar-refractivity contribution in [2.45, 2.75) is 18.4 Å². The Morgan fingerprint density at radius 3 is 2.57 bits per heavy atom. The monoisotopic (exact) mass is 299 g/mol. The minimum atomic E-state index is -0.660. The number of β-amino-alcohol motifs (C(OH)–C–C–N with tert-alkyl or cyclic N) is 1. The first kappa shape index (κ1) is 16.7. The molecule has 0 aromatic heterocycles. The number of rotatable bonds is 3. The highest BCUT2D eigenvalue weighted by atomic mass is 16.5. The first-order valence-electron chi connectivity index (χ1n) is 7.82. The molecule has 122 valence electrons. The number of hydrogen-bond acceptors (Lipinski definition) is 5. The number of carbonyl (C=O) groups excluding carboxylic acids is 1. The van der Waals surface area contributed by atoms with Crippen molar-refractivity contribution in [3.05, 3.63) is 0 Å². The number of hydrogen-bond donors (Lipinski definition) is 1. The van der Waals surface area contributed by atoms with Crippen molar-refractivity contribution in [1.82, 2.24) is 14.7 Å². The third-order valence-corrected chi connectivity index (χ3v) is 4.54. The van der Waals surface area contributed by atoms with E-state index in [0.717, 1.165) is 26.2 Å². The van der Waals surface area contributed by atoms with E-state index in [1.807, 2.05) is 14.1 Å². The van der Waals surface area contributed by atoms with Crippen LogP contribution in [0.5, 0.6) is 0 Å². The van der Waals surface area contributed by atoms with Gasteiger partial charge in [-0.15, -0.1) is 0 Å². The SMILES string of the molecule is CN1CCN(CC2(O)CCOCC2)CC(C(=O)N(C)C)C1. The lowest BCUT2D eigenvalue weighted by Gasteiger charge is -2.37. The molecule has 2 fully saturated rings. The minimum Gasteiger partial charge on any atom is -0.388 e. The van der Waals surface area contributed by atoms with Crippen LogP contribution in [0.1, 0.15) is 12.8 Å². The van der Waals surface area contributed by atoms with Crippen molar-refractivity contribution in [3.63, 3.8) is 0 Å². The molecule has 2 aliphatic rings. The molecule has 2 saturated heterocycles. The van der Waals surface area contributed by atoms with E-state index in [1.165, 1.54) is 0 Å². The van der Waals surface area contributed by atoms with Gasteiger partial charge >= 0.3 is 0 Å². The van der Waals surface area contributed by atoms with Crippen molar-refractivity contribution < 1.29 is 14.6 Å². The summed E-state index contributed by atoms with van der Waals surface area (Å²) in [7, 11) is 5.68. The number of likely N-dealkylation sites (N-methyl/N-ethyl adjacent to an activating group) is 1. The summed E-state index contributed by atoms with van der Waals surface area (Å²) in [6, 6.07) is 0. The van der Waals surface area contributed by atoms with Gasteiger partial charge in [-0.2, -0.15) is 0 Å². The standard InChI is InChI=1S/C15H29N3O3/c1-16(2)14(19)13-10-17(3)6-7-18(11-13)12-15(20)4-8-21-9-5-15/h13,20H,4-12H2,1-3H3. The Morgan fingerprint density at radius 1 is 1.29 bits per heavy atom. The van der Waals surface area contributed by atoms with Gasteiger partial charge in [-0.25, -0.2) is 0 Å². The van der Waals surface area contributed by atoms with Crippen molar-refractivity contribution >= 4 is 5.91 Å². The second-order valence-electron chi connectivity index (χ2n) is 6.76. The number of ether oxygens (including phenoxy) is 1. The van der Waals surface area contributed by atoms with E-state index in [-0.39, 0.29) is 11.8 Å². The van der Waals surface area contributed by atoms with Gasteiger partial charge < -0.3 is 19.6 Å². The molecule has 1 N–H and O–H groups in total. The molecular weight excluding hydrogens is 270 g/mol. The molecule has 21 heavy (non-hydrogen) atoms. The van der Waals surface area contributed by atoms with Gasteiger partial charge in [-0.3, -0.25) is 9.69 Å². The Bertz CT molecular complexity index is 356. The zero-order valence-electron chi connectivity index (χ0n) is 13.5. The molecule has 1 amide bonds. The fraction of sp³-hybridized carbons (Fsp3) is 0.933. The second kappa shape index (κ2) is 7.05. The zero-order valence-corrected chi connectivity index (χ0v) is 13.5. The van der Waals surface area contributed by atoms with Crippen LogP contribution in [0.15, 0.2) is 0 Å². The molecule has 0 aromatic carbocycles. The van der Waals surface area contributed by atoms with Gasteiger partial charge in [0.2, 0.25) is 5.91 Å². The van der Waals surface area contributed by atoms with Crippen LogP contribution in [0.2, 0.25) is 0 Å². The maximum Gasteiger partial charge on any atom is 0.227 e. The third kappa shape index (κ3) is 4.64. The average molecular weight is 299 g/mol. The summed E-state index contributed by atoms with van der Waals surface area (Å²) in [6.07, 6.45) is 1.37. The predicted molar refractivity (Wildman–Crippen MR) is 81.1 cm³/mol. The zero-order chi connectivity index (χ0) is 15.5. The minimum absolute atomic E-state index is 0.0176. The molecule has 0 bridgehead atoms. The normalized spacial score (nSPS) is 28.1. The highest BCUT2D eigenvalue weighted by Crippen LogP contribution is 2.23. The second-order valence-corrected chi connectivity index (χ2v) is 6.76. The fourth-order valence-electron chi connectivity index (χ4n) is 3.23. The molecule has 0 saturated carbocycles. The van der Waals surface area contributed by atoms with Gasteiger partial charge in [0.05, 0.1) is 11.5 Å². The topological polar surface area (TPSA) is 56.2 Å². The van der Waals surface area contributed by atoms with Gasteiger partial charge in [0.15, 0.2) is 0 Å². The molecular formula is C15H29N3O3. The number of aliphatic hydroxyl groups is 1. The molecule has 1 atom stereocenters. The van der Waals surface area contributed by atoms with E-state index >= 15 is 0 Å². The molecule has 1 unspecified atom stereocenters. The molecule has 0 aliphatic carbocycles. The maximum atomic E-state index is 12.3. The van der Waals surface area contributed by atoms with E-state index in [9.17, 15) is 9.90 Å². The van der Waals surface area contributed by atoms with Crippen LogP contribution in [0.3, 0.4) is 0 Å². The van der Waals surface area contributed by atoms with Gasteiger partial charge in [0.25, 0.3) is 0 Å². The molecule has 0 spiro atoms. The largest absolute Gasteiger partial charge is 0.388 e. The highest BCUT2D eigenvalue weighted by Gasteiger charge is 2.35. The molecule has 0 radical (unpaired) electrons. The Balaban J connectivity index is 1.99. The first-order chi connectivity index (χ1) is 9.89. The van der Waals surface area contributed by atoms with E-state index in [2.05, 4.69) is 16.8 Å². The summed E-state index contributed by atoms with van der Waals surface area (Å²) < 4.78 is 5.34. The van der Waals surface area contributed by atoms with Gasteiger partial charge in [0, 0.05) is 72.9 Å². The summed E-state index contributed by atoms with van der Waals surface area (Å²) in [5.41, 5.74) is -0.660. The van der Waals surface area contributed by atoms with Gasteiger partial charge in [0.1, 0.15) is 0 Å². The Labute approximate surface area is 127 Å². The predicted octanol–water partition coefficient (Wildman–Crippen LogP) is -0.520. The smallest absolute Gasteiger partial charge is 0.227 e. The third-order valence-electron chi connectivity index (χ3n) is 4.54. The quantitative estimate of drug-likeness (QED) is 0.760. The van der Waals surface area contributed by atoms with Crippen LogP contribution in [0.25, 0.3) is 0 Å². The lowest BCUT2D eigenvalue weighted by Crippen LogP contribution is -2.49. The number of amides is 1. The van der Waals surface area contributed by atoms with E-state index in [4.69, 9.17) is 4.74 Å². The molecule has 6 heteroatoms. The summed E-state index contributed by atoms with van der Waals surface area (Å²) in [6.45, 7) is 5.25. The molecule has 6 nitrogen and oxygen atoms in total. The van der Waals surface area contributed by atoms with Crippen LogP contribution in [0, 0.1) is 5.92 Å². The Morgan fingerprint density at radius 2 is 1.95 bits per heavy atom. The van der Waals surface area contributed by atoms with E-state index < -0.39 is 5.60 Å². The van der Waals surface area contributed by atoms with Crippen LogP contribution >= 0.6 is 0 Å². The summed E-state index contributed by atoms with van der Waals surface area (Å²) in [5, 5.41) is 10.7. The van der Waals surface area contributed by atoms with Crippen molar-refractivity contribution in [2.24, 2.45) is 5.92 Å². The Kier molecular flexibility index (Phi) is 5.60. The summed E-state index contributed by atoms with van der Waals surface area (Å²) >= 11 is 0. The first-order valence-corrected chi connectivity index (χ1v) is 7.82. The molecule has 2 rings (SSSR count). The van der Waals surface area contributed by atoms with E-state index in [1.54, 1.807) is 4.90 Å². The fourth-order valence-corrected chi connectivity index (χ4v) is 3.23. The van der Waals surface area contributed by atoms with Crippen molar-refractivity contribution in [1.29, 1.82) is 0 Å². The van der Waals surface area contributed by atoms with Gasteiger partial charge in [-0.05, 0) is 7.05 Å². The lowest BCUT2D eigenvalue weighted by molar-refractivity contribution is -0.134. The van der Waals surface area contributed by atoms with Crippen molar-refractivity contribution in [3.8, 4) is 0 Å². The van der Waals surface area contributed by atoms with Crippen LogP contribution < -0.4 is 0 Å². The summed E-state index contributed by atoms with van der Waals surface area (Å²) in [5.74, 6) is 0.156.